The number of ketones is 1. The maximum Gasteiger partial charge on any atom is 0.268 e. The first kappa shape index (κ1) is 22.1. The zero-order valence-corrected chi connectivity index (χ0v) is 17.9. The second-order valence-corrected chi connectivity index (χ2v) is 8.92. The van der Waals surface area contributed by atoms with Crippen LogP contribution in [0.3, 0.4) is 0 Å². The van der Waals surface area contributed by atoms with E-state index in [0.29, 0.717) is 18.4 Å². The lowest BCUT2D eigenvalue weighted by Crippen LogP contribution is -2.17. The molecule has 0 unspecified atom stereocenters. The molecule has 2 aromatic heterocycles. The lowest BCUT2D eigenvalue weighted by molar-refractivity contribution is 0.104. The molecule has 2 N–H and O–H groups in total. The number of nitrogens with zero attached hydrogens (tertiary/aromatic N) is 4. The van der Waals surface area contributed by atoms with Gasteiger partial charge in [-0.15, -0.1) is 10.2 Å². The Balaban J connectivity index is 1.73. The third-order valence-corrected chi connectivity index (χ3v) is 6.54. The molecule has 2 heterocycles. The fourth-order valence-corrected chi connectivity index (χ4v) is 4.58. The smallest absolute Gasteiger partial charge is 0.268 e. The van der Waals surface area contributed by atoms with E-state index in [0.717, 1.165) is 39.9 Å². The summed E-state index contributed by atoms with van der Waals surface area (Å²) in [5.74, 6) is -2.16. The maximum absolute atomic E-state index is 13.3. The minimum Gasteiger partial charge on any atom is -0.504 e. The first-order valence-electron chi connectivity index (χ1n) is 9.80. The fraction of sp³-hybridized carbons (Fsp3) is 0.0909. The lowest BCUT2D eigenvalue weighted by Gasteiger charge is -2.09. The van der Waals surface area contributed by atoms with E-state index in [1.165, 1.54) is 12.3 Å². The number of hydrogen-bond donors (Lipinski definition) is 2. The highest BCUT2D eigenvalue weighted by Crippen LogP contribution is 2.22. The molecule has 0 atom stereocenters. The maximum atomic E-state index is 13.3. The Labute approximate surface area is 188 Å². The number of aromatic amines is 1. The Morgan fingerprint density at radius 3 is 2.42 bits per heavy atom. The molecule has 0 aliphatic rings. The van der Waals surface area contributed by atoms with Crippen LogP contribution in [0.15, 0.2) is 77.8 Å². The third-order valence-electron chi connectivity index (χ3n) is 4.85. The zero-order valence-electron chi connectivity index (χ0n) is 17.1. The summed E-state index contributed by atoms with van der Waals surface area (Å²) in [7, 11) is -4.21. The number of nitrogens with one attached hydrogen (secondary N) is 1. The Morgan fingerprint density at radius 1 is 1.06 bits per heavy atom. The van der Waals surface area contributed by atoms with Gasteiger partial charge in [0.05, 0.1) is 4.90 Å². The quantitative estimate of drug-likeness (QED) is 0.231. The summed E-state index contributed by atoms with van der Waals surface area (Å²) in [6.07, 6.45) is 3.27. The van der Waals surface area contributed by atoms with Gasteiger partial charge in [-0.25, -0.2) is 16.8 Å². The van der Waals surface area contributed by atoms with Gasteiger partial charge in [0.25, 0.3) is 10.0 Å². The van der Waals surface area contributed by atoms with E-state index in [-0.39, 0.29) is 16.4 Å². The van der Waals surface area contributed by atoms with Crippen molar-refractivity contribution in [3.63, 3.8) is 0 Å². The summed E-state index contributed by atoms with van der Waals surface area (Å²) in [6, 6.07) is 15.3. The average molecular weight is 467 g/mol. The van der Waals surface area contributed by atoms with Gasteiger partial charge in [0.15, 0.2) is 5.76 Å². The Kier molecular flexibility index (Phi) is 6.13. The number of H-pyrrole nitrogens is 1. The highest BCUT2D eigenvalue weighted by atomic mass is 32.2. The fourth-order valence-electron chi connectivity index (χ4n) is 3.20. The summed E-state index contributed by atoms with van der Waals surface area (Å²) in [6.45, 7) is 0. The molecule has 0 amide bonds. The van der Waals surface area contributed by atoms with E-state index < -0.39 is 27.4 Å². The molecule has 0 aliphatic heterocycles. The van der Waals surface area contributed by atoms with Gasteiger partial charge < -0.3 is 5.11 Å². The van der Waals surface area contributed by atoms with Gasteiger partial charge in [-0.1, -0.05) is 30.3 Å². The van der Waals surface area contributed by atoms with Crippen molar-refractivity contribution in [3.05, 3.63) is 101 Å². The van der Waals surface area contributed by atoms with Gasteiger partial charge in [0, 0.05) is 12.3 Å². The topological polar surface area (TPSA) is 131 Å². The van der Waals surface area contributed by atoms with Crippen LogP contribution in [0.25, 0.3) is 5.76 Å². The molecule has 4 aromatic rings. The first-order valence-corrected chi connectivity index (χ1v) is 11.2. The monoisotopic (exact) mass is 467 g/mol. The largest absolute Gasteiger partial charge is 0.504 e. The molecular formula is C22H18FN5O4S. The van der Waals surface area contributed by atoms with Crippen LogP contribution in [-0.2, 0) is 22.9 Å². The van der Waals surface area contributed by atoms with Crippen LogP contribution in [-0.4, -0.2) is 43.9 Å². The van der Waals surface area contributed by atoms with Crippen LogP contribution in [0.2, 0.25) is 0 Å². The molecule has 0 aliphatic carbocycles. The molecule has 4 rings (SSSR count). The van der Waals surface area contributed by atoms with E-state index in [9.17, 15) is 22.7 Å². The third kappa shape index (κ3) is 4.88. The van der Waals surface area contributed by atoms with Crippen LogP contribution in [0.5, 0.6) is 0 Å². The van der Waals surface area contributed by atoms with Crippen molar-refractivity contribution < 1.29 is 22.7 Å². The second-order valence-electron chi connectivity index (χ2n) is 7.10. The highest BCUT2D eigenvalue weighted by Gasteiger charge is 2.24. The van der Waals surface area contributed by atoms with Crippen LogP contribution >= 0.6 is 0 Å². The number of aliphatic hydroxyl groups is 1. The number of benzene rings is 2. The molecule has 0 saturated heterocycles. The Morgan fingerprint density at radius 2 is 1.76 bits per heavy atom. The van der Waals surface area contributed by atoms with E-state index in [1.54, 1.807) is 0 Å². The number of halogens is 1. The molecule has 9 nitrogen and oxygen atoms in total. The summed E-state index contributed by atoms with van der Waals surface area (Å²) >= 11 is 0. The van der Waals surface area contributed by atoms with Crippen molar-refractivity contribution in [2.24, 2.45) is 0 Å². The van der Waals surface area contributed by atoms with Crippen molar-refractivity contribution in [2.75, 3.05) is 0 Å². The number of allylic oxidation sites excluding steroid dienone is 1. The number of aryl methyl sites for hydroxylation is 2. The van der Waals surface area contributed by atoms with Crippen LogP contribution in [0.1, 0.15) is 27.4 Å². The number of carbonyl (C=O) groups excluding carboxylic acids is 1. The molecule has 2 aromatic carbocycles. The van der Waals surface area contributed by atoms with Crippen molar-refractivity contribution in [3.8, 4) is 0 Å². The standard InChI is InChI=1S/C22H18FN5O4S/c23-17-8-10-18(11-9-17)33(31,32)28-14-16(7-6-15-4-2-1-3-5-15)12-19(28)20(29)13-21(30)22-24-26-27-25-22/h1-5,8-14,30H,6-7H2,(H,24,25,26,27). The predicted molar refractivity (Wildman–Crippen MR) is 116 cm³/mol. The Hall–Kier alpha value is -4.12. The van der Waals surface area contributed by atoms with Crippen molar-refractivity contribution >= 4 is 21.6 Å². The average Bonchev–Trinajstić information content (AvgIpc) is 3.49. The molecule has 11 heteroatoms. The minimum atomic E-state index is -4.21. The van der Waals surface area contributed by atoms with Crippen molar-refractivity contribution in [1.82, 2.24) is 24.6 Å². The van der Waals surface area contributed by atoms with Crippen LogP contribution in [0, 0.1) is 5.82 Å². The number of carbonyl (C=O) groups is 1. The van der Waals surface area contributed by atoms with E-state index in [1.807, 2.05) is 30.3 Å². The van der Waals surface area contributed by atoms with Crippen LogP contribution < -0.4 is 0 Å². The van der Waals surface area contributed by atoms with Crippen LogP contribution in [0.4, 0.5) is 4.39 Å². The Bertz CT molecular complexity index is 1400. The van der Waals surface area contributed by atoms with Gasteiger partial charge in [-0.05, 0) is 59.5 Å². The normalized spacial score (nSPS) is 12.1. The predicted octanol–water partition coefficient (Wildman–Crippen LogP) is 2.94. The molecule has 0 fully saturated rings. The number of aliphatic hydroxyl groups excluding tert-OH is 1. The van der Waals surface area contributed by atoms with E-state index >= 15 is 0 Å². The molecule has 168 valence electrons. The van der Waals surface area contributed by atoms with Crippen molar-refractivity contribution in [2.45, 2.75) is 17.7 Å². The molecular weight excluding hydrogens is 449 g/mol. The number of rotatable bonds is 8. The molecule has 0 spiro atoms. The highest BCUT2D eigenvalue weighted by molar-refractivity contribution is 7.90. The van der Waals surface area contributed by atoms with Gasteiger partial charge >= 0.3 is 0 Å². The minimum absolute atomic E-state index is 0.186. The first-order chi connectivity index (χ1) is 15.8. The van der Waals surface area contributed by atoms with E-state index in [4.69, 9.17) is 0 Å². The second kappa shape index (κ2) is 9.17. The summed E-state index contributed by atoms with van der Waals surface area (Å²) in [5.41, 5.74) is 1.45. The number of aromatic nitrogens is 5. The summed E-state index contributed by atoms with van der Waals surface area (Å²) in [4.78, 5) is 12.7. The molecule has 0 bridgehead atoms. The number of hydrogen-bond acceptors (Lipinski definition) is 7. The van der Waals surface area contributed by atoms with Gasteiger partial charge in [0.2, 0.25) is 11.6 Å². The molecule has 0 saturated carbocycles. The SMILES string of the molecule is O=C(C=C(O)c1nn[nH]n1)c1cc(CCc2ccccc2)cn1S(=O)(=O)c1ccc(F)cc1. The summed E-state index contributed by atoms with van der Waals surface area (Å²) < 4.78 is 40.6. The summed E-state index contributed by atoms with van der Waals surface area (Å²) in [5, 5.41) is 22.7. The molecule has 0 radical (unpaired) electrons. The zero-order chi connectivity index (χ0) is 23.4. The van der Waals surface area contributed by atoms with E-state index in [2.05, 4.69) is 20.6 Å². The molecule has 33 heavy (non-hydrogen) atoms. The van der Waals surface area contributed by atoms with Gasteiger partial charge in [-0.2, -0.15) is 5.21 Å². The van der Waals surface area contributed by atoms with Gasteiger partial charge in [-0.3, -0.25) is 4.79 Å². The number of tetrazole rings is 1. The van der Waals surface area contributed by atoms with Gasteiger partial charge in [0.1, 0.15) is 11.5 Å². The lowest BCUT2D eigenvalue weighted by atomic mass is 10.1. The van der Waals surface area contributed by atoms with Crippen molar-refractivity contribution in [1.29, 1.82) is 0 Å².